The number of hydrogen-bond acceptors (Lipinski definition) is 4. The van der Waals surface area contributed by atoms with E-state index >= 15 is 0 Å². The summed E-state index contributed by atoms with van der Waals surface area (Å²) in [4.78, 5) is 21.7. The number of ether oxygens (including phenoxy) is 1. The third-order valence-corrected chi connectivity index (χ3v) is 3.42. The van der Waals surface area contributed by atoms with E-state index in [1.165, 1.54) is 0 Å². The van der Waals surface area contributed by atoms with Crippen molar-refractivity contribution in [3.63, 3.8) is 0 Å². The molecule has 2 aromatic rings. The average molecular weight is 275 g/mol. The Balaban J connectivity index is 1.75. The number of aryl methyl sites for hydroxylation is 2. The molecule has 7 heteroatoms. The summed E-state index contributed by atoms with van der Waals surface area (Å²) in [6.45, 7) is 3.53. The number of hydrogen-bond donors (Lipinski definition) is 1. The van der Waals surface area contributed by atoms with Crippen molar-refractivity contribution in [3.05, 3.63) is 35.7 Å². The highest BCUT2D eigenvalue weighted by Crippen LogP contribution is 2.20. The van der Waals surface area contributed by atoms with Crippen molar-refractivity contribution in [2.45, 2.75) is 13.0 Å². The molecular formula is C13H17N5O2. The number of aromatic amines is 1. The maximum Gasteiger partial charge on any atom is 0.272 e. The van der Waals surface area contributed by atoms with Crippen LogP contribution in [0.1, 0.15) is 28.1 Å². The molecule has 1 aliphatic rings. The molecule has 20 heavy (non-hydrogen) atoms. The quantitative estimate of drug-likeness (QED) is 0.873. The van der Waals surface area contributed by atoms with Gasteiger partial charge in [0.1, 0.15) is 17.6 Å². The number of nitrogens with zero attached hydrogens (tertiary/aromatic N) is 4. The first-order valence-corrected chi connectivity index (χ1v) is 6.55. The number of rotatable bonds is 2. The van der Waals surface area contributed by atoms with Gasteiger partial charge in [-0.25, -0.2) is 4.98 Å². The van der Waals surface area contributed by atoms with E-state index in [9.17, 15) is 4.79 Å². The van der Waals surface area contributed by atoms with E-state index in [0.717, 1.165) is 11.5 Å². The van der Waals surface area contributed by atoms with Crippen LogP contribution in [0.4, 0.5) is 0 Å². The van der Waals surface area contributed by atoms with E-state index in [1.807, 2.05) is 6.92 Å². The summed E-state index contributed by atoms with van der Waals surface area (Å²) in [7, 11) is 1.76. The van der Waals surface area contributed by atoms with E-state index in [1.54, 1.807) is 35.1 Å². The molecule has 1 atom stereocenters. The molecule has 0 aliphatic carbocycles. The molecule has 1 fully saturated rings. The van der Waals surface area contributed by atoms with Crippen molar-refractivity contribution >= 4 is 5.91 Å². The van der Waals surface area contributed by atoms with Crippen LogP contribution in [0.15, 0.2) is 18.5 Å². The highest BCUT2D eigenvalue weighted by molar-refractivity contribution is 5.92. The first-order chi connectivity index (χ1) is 9.65. The maximum atomic E-state index is 12.4. The lowest BCUT2D eigenvalue weighted by molar-refractivity contribution is -0.0268. The fourth-order valence-electron chi connectivity index (χ4n) is 2.34. The van der Waals surface area contributed by atoms with Crippen LogP contribution in [0.25, 0.3) is 0 Å². The Bertz CT molecular complexity index is 618. The van der Waals surface area contributed by atoms with E-state index < -0.39 is 0 Å². The molecule has 0 saturated carbocycles. The number of imidazole rings is 1. The Morgan fingerprint density at radius 3 is 3.05 bits per heavy atom. The van der Waals surface area contributed by atoms with Crippen LogP contribution in [0.5, 0.6) is 0 Å². The molecule has 2 aromatic heterocycles. The van der Waals surface area contributed by atoms with Crippen molar-refractivity contribution in [2.75, 3.05) is 19.7 Å². The molecule has 106 valence electrons. The summed E-state index contributed by atoms with van der Waals surface area (Å²) in [6.07, 6.45) is 3.19. The summed E-state index contributed by atoms with van der Waals surface area (Å²) in [5.41, 5.74) is 1.57. The fraction of sp³-hybridized carbons (Fsp3) is 0.462. The maximum absolute atomic E-state index is 12.4. The molecule has 1 amide bonds. The molecule has 1 N–H and O–H groups in total. The minimum absolute atomic E-state index is 0.0263. The first-order valence-electron chi connectivity index (χ1n) is 6.55. The molecule has 3 heterocycles. The lowest BCUT2D eigenvalue weighted by atomic mass is 10.2. The number of aromatic nitrogens is 4. The number of morpholine rings is 1. The summed E-state index contributed by atoms with van der Waals surface area (Å²) in [5, 5.41) is 4.03. The zero-order valence-electron chi connectivity index (χ0n) is 11.5. The van der Waals surface area contributed by atoms with Crippen molar-refractivity contribution < 1.29 is 9.53 Å². The van der Waals surface area contributed by atoms with E-state index in [0.29, 0.717) is 25.4 Å². The Morgan fingerprint density at radius 1 is 1.55 bits per heavy atom. The number of carbonyl (C=O) groups is 1. The van der Waals surface area contributed by atoms with Gasteiger partial charge in [0.15, 0.2) is 0 Å². The Kier molecular flexibility index (Phi) is 3.27. The lowest BCUT2D eigenvalue weighted by Gasteiger charge is -2.31. The van der Waals surface area contributed by atoms with Crippen LogP contribution in [-0.2, 0) is 11.8 Å². The Labute approximate surface area is 116 Å². The van der Waals surface area contributed by atoms with Crippen molar-refractivity contribution in [3.8, 4) is 0 Å². The second-order valence-corrected chi connectivity index (χ2v) is 4.90. The van der Waals surface area contributed by atoms with Gasteiger partial charge < -0.3 is 14.6 Å². The smallest absolute Gasteiger partial charge is 0.272 e. The van der Waals surface area contributed by atoms with E-state index in [2.05, 4.69) is 15.1 Å². The highest BCUT2D eigenvalue weighted by atomic mass is 16.5. The molecule has 1 unspecified atom stereocenters. The second kappa shape index (κ2) is 5.09. The molecule has 0 radical (unpaired) electrons. The highest BCUT2D eigenvalue weighted by Gasteiger charge is 2.28. The normalized spacial score (nSPS) is 19.3. The molecule has 1 saturated heterocycles. The van der Waals surface area contributed by atoms with Crippen LogP contribution in [0, 0.1) is 6.92 Å². The minimum Gasteiger partial charge on any atom is -0.367 e. The van der Waals surface area contributed by atoms with Gasteiger partial charge >= 0.3 is 0 Å². The van der Waals surface area contributed by atoms with Crippen LogP contribution < -0.4 is 0 Å². The van der Waals surface area contributed by atoms with Crippen molar-refractivity contribution in [2.24, 2.45) is 7.05 Å². The van der Waals surface area contributed by atoms with E-state index in [4.69, 9.17) is 4.74 Å². The van der Waals surface area contributed by atoms with Gasteiger partial charge in [-0.05, 0) is 13.0 Å². The lowest BCUT2D eigenvalue weighted by Crippen LogP contribution is -2.43. The van der Waals surface area contributed by atoms with E-state index in [-0.39, 0.29) is 12.0 Å². The Morgan fingerprint density at radius 2 is 2.40 bits per heavy atom. The van der Waals surface area contributed by atoms with Gasteiger partial charge in [-0.3, -0.25) is 9.48 Å². The van der Waals surface area contributed by atoms with Crippen LogP contribution in [0.3, 0.4) is 0 Å². The standard InChI is InChI=1S/C13H17N5O2/c1-9-7-14-12(16-9)11-8-18(5-6-20-11)13(19)10-3-4-15-17(10)2/h3-4,7,11H,5-6,8H2,1-2H3,(H,14,16). The zero-order valence-corrected chi connectivity index (χ0v) is 11.5. The van der Waals surface area contributed by atoms with Crippen molar-refractivity contribution in [1.29, 1.82) is 0 Å². The summed E-state index contributed by atoms with van der Waals surface area (Å²) in [5.74, 6) is 0.742. The van der Waals surface area contributed by atoms with Gasteiger partial charge in [0, 0.05) is 31.7 Å². The third-order valence-electron chi connectivity index (χ3n) is 3.42. The summed E-state index contributed by atoms with van der Waals surface area (Å²) < 4.78 is 7.28. The number of H-pyrrole nitrogens is 1. The Hall–Kier alpha value is -2.15. The predicted octanol–water partition coefficient (Wildman–Crippen LogP) is 0.665. The summed E-state index contributed by atoms with van der Waals surface area (Å²) in [6, 6.07) is 1.73. The first kappa shape index (κ1) is 12.9. The number of nitrogens with one attached hydrogen (secondary N) is 1. The zero-order chi connectivity index (χ0) is 14.1. The monoisotopic (exact) mass is 275 g/mol. The van der Waals surface area contributed by atoms with Crippen LogP contribution in [-0.4, -0.2) is 50.3 Å². The largest absolute Gasteiger partial charge is 0.367 e. The third kappa shape index (κ3) is 2.32. The molecule has 0 bridgehead atoms. The number of amides is 1. The topological polar surface area (TPSA) is 76.0 Å². The van der Waals surface area contributed by atoms with Gasteiger partial charge in [0.25, 0.3) is 5.91 Å². The molecule has 3 rings (SSSR count). The molecule has 7 nitrogen and oxygen atoms in total. The SMILES string of the molecule is Cc1cnc(C2CN(C(=O)c3ccnn3C)CCO2)[nH]1. The van der Waals surface area contributed by atoms with Gasteiger partial charge in [-0.15, -0.1) is 0 Å². The molecule has 1 aliphatic heterocycles. The fourth-order valence-corrected chi connectivity index (χ4v) is 2.34. The van der Waals surface area contributed by atoms with Crippen LogP contribution >= 0.6 is 0 Å². The average Bonchev–Trinajstić information content (AvgIpc) is 3.07. The predicted molar refractivity (Wildman–Crippen MR) is 71.1 cm³/mol. The molecular weight excluding hydrogens is 258 g/mol. The van der Waals surface area contributed by atoms with Gasteiger partial charge in [-0.1, -0.05) is 0 Å². The molecule has 0 aromatic carbocycles. The van der Waals surface area contributed by atoms with Gasteiger partial charge in [-0.2, -0.15) is 5.10 Å². The molecule has 0 spiro atoms. The number of carbonyl (C=O) groups excluding carboxylic acids is 1. The van der Waals surface area contributed by atoms with Gasteiger partial charge in [0.2, 0.25) is 0 Å². The minimum atomic E-state index is -0.199. The van der Waals surface area contributed by atoms with Gasteiger partial charge in [0.05, 0.1) is 13.2 Å². The summed E-state index contributed by atoms with van der Waals surface area (Å²) >= 11 is 0. The second-order valence-electron chi connectivity index (χ2n) is 4.90. The van der Waals surface area contributed by atoms with Crippen molar-refractivity contribution in [1.82, 2.24) is 24.6 Å². The van der Waals surface area contributed by atoms with Crippen LogP contribution in [0.2, 0.25) is 0 Å².